The number of halogens is 1. The summed E-state index contributed by atoms with van der Waals surface area (Å²) in [4.78, 5) is 0.324. The van der Waals surface area contributed by atoms with E-state index >= 15 is 0 Å². The Balaban J connectivity index is 2.18. The summed E-state index contributed by atoms with van der Waals surface area (Å²) >= 11 is 11.1. The van der Waals surface area contributed by atoms with Gasteiger partial charge in [0.15, 0.2) is 0 Å². The minimum absolute atomic E-state index is 0.0746. The molecule has 0 radical (unpaired) electrons. The Hall–Kier alpha value is -1.58. The molecule has 0 amide bonds. The van der Waals surface area contributed by atoms with E-state index < -0.39 is 0 Å². The van der Waals surface area contributed by atoms with Crippen molar-refractivity contribution >= 4 is 28.8 Å². The smallest absolute Gasteiger partial charge is 0.138 e. The van der Waals surface area contributed by atoms with Crippen molar-refractivity contribution in [3.63, 3.8) is 0 Å². The Morgan fingerprint density at radius 3 is 2.47 bits per heavy atom. The summed E-state index contributed by atoms with van der Waals surface area (Å²) < 4.78 is 5.85. The van der Waals surface area contributed by atoms with Crippen LogP contribution in [-0.4, -0.2) is 4.99 Å². The highest BCUT2D eigenvalue weighted by Gasteiger charge is 2.10. The minimum Gasteiger partial charge on any atom is -0.484 e. The quantitative estimate of drug-likeness (QED) is 0.861. The molecule has 0 aromatic heterocycles. The molecule has 98 valence electrons. The molecule has 2 aromatic rings. The first kappa shape index (κ1) is 13.8. The van der Waals surface area contributed by atoms with E-state index in [4.69, 9.17) is 34.3 Å². The van der Waals surface area contributed by atoms with Gasteiger partial charge in [0.2, 0.25) is 0 Å². The Morgan fingerprint density at radius 1 is 1.21 bits per heavy atom. The highest BCUT2D eigenvalue weighted by Crippen LogP contribution is 2.29. The topological polar surface area (TPSA) is 35.2 Å². The van der Waals surface area contributed by atoms with Crippen LogP contribution in [0.1, 0.15) is 24.2 Å². The molecule has 0 saturated heterocycles. The van der Waals surface area contributed by atoms with Crippen molar-refractivity contribution in [1.82, 2.24) is 0 Å². The lowest BCUT2D eigenvalue weighted by molar-refractivity contribution is 0.227. The van der Waals surface area contributed by atoms with Crippen molar-refractivity contribution in [3.8, 4) is 5.75 Å². The van der Waals surface area contributed by atoms with Gasteiger partial charge in [-0.05, 0) is 30.7 Å². The summed E-state index contributed by atoms with van der Waals surface area (Å²) in [6.45, 7) is 1.98. The Morgan fingerprint density at radius 2 is 1.89 bits per heavy atom. The predicted octanol–water partition coefficient (Wildman–Crippen LogP) is 4.11. The van der Waals surface area contributed by atoms with Crippen molar-refractivity contribution in [1.29, 1.82) is 0 Å². The summed E-state index contributed by atoms with van der Waals surface area (Å²) in [5, 5.41) is 0.507. The van der Waals surface area contributed by atoms with E-state index in [1.165, 1.54) is 0 Å². The molecule has 2 N–H and O–H groups in total. The van der Waals surface area contributed by atoms with E-state index in [0.717, 1.165) is 11.1 Å². The van der Waals surface area contributed by atoms with Gasteiger partial charge in [0, 0.05) is 5.56 Å². The molecule has 0 bridgehead atoms. The standard InChI is InChI=1S/C15H14ClNOS/c1-10(11-5-3-2-4-6-11)18-14-8-7-12(15(17)19)9-13(14)16/h2-10H,1H3,(H2,17,19). The van der Waals surface area contributed by atoms with Crippen molar-refractivity contribution in [2.24, 2.45) is 5.73 Å². The fourth-order valence-electron chi connectivity index (χ4n) is 1.73. The first-order valence-corrected chi connectivity index (χ1v) is 6.67. The van der Waals surface area contributed by atoms with Crippen LogP contribution in [0, 0.1) is 0 Å². The van der Waals surface area contributed by atoms with Gasteiger partial charge in [-0.2, -0.15) is 0 Å². The molecule has 0 fully saturated rings. The molecule has 0 aliphatic rings. The van der Waals surface area contributed by atoms with E-state index in [0.29, 0.717) is 15.8 Å². The van der Waals surface area contributed by atoms with Gasteiger partial charge < -0.3 is 10.5 Å². The number of thiocarbonyl (C=S) groups is 1. The second kappa shape index (κ2) is 6.04. The maximum Gasteiger partial charge on any atom is 0.138 e. The largest absolute Gasteiger partial charge is 0.484 e. The molecule has 4 heteroatoms. The lowest BCUT2D eigenvalue weighted by Crippen LogP contribution is -2.09. The fourth-order valence-corrected chi connectivity index (χ4v) is 2.08. The Labute approximate surface area is 123 Å². The lowest BCUT2D eigenvalue weighted by Gasteiger charge is -2.16. The van der Waals surface area contributed by atoms with Gasteiger partial charge in [0.05, 0.1) is 5.02 Å². The zero-order valence-electron chi connectivity index (χ0n) is 10.5. The van der Waals surface area contributed by atoms with Crippen molar-refractivity contribution in [2.75, 3.05) is 0 Å². The van der Waals surface area contributed by atoms with Crippen LogP contribution >= 0.6 is 23.8 Å². The van der Waals surface area contributed by atoms with Gasteiger partial charge in [-0.25, -0.2) is 0 Å². The second-order valence-corrected chi connectivity index (χ2v) is 5.03. The van der Waals surface area contributed by atoms with E-state index in [-0.39, 0.29) is 6.10 Å². The SMILES string of the molecule is CC(Oc1ccc(C(N)=S)cc1Cl)c1ccccc1. The lowest BCUT2D eigenvalue weighted by atomic mass is 10.1. The highest BCUT2D eigenvalue weighted by molar-refractivity contribution is 7.80. The van der Waals surface area contributed by atoms with Crippen molar-refractivity contribution < 1.29 is 4.74 Å². The monoisotopic (exact) mass is 291 g/mol. The number of rotatable bonds is 4. The third-order valence-corrected chi connectivity index (χ3v) is 3.32. The minimum atomic E-state index is -0.0746. The average Bonchev–Trinajstić information content (AvgIpc) is 2.41. The summed E-state index contributed by atoms with van der Waals surface area (Å²) in [5.74, 6) is 0.623. The second-order valence-electron chi connectivity index (χ2n) is 4.18. The normalized spacial score (nSPS) is 11.9. The van der Waals surface area contributed by atoms with Crippen LogP contribution in [0.3, 0.4) is 0 Å². The molecular weight excluding hydrogens is 278 g/mol. The van der Waals surface area contributed by atoms with Gasteiger partial charge in [0.25, 0.3) is 0 Å². The fraction of sp³-hybridized carbons (Fsp3) is 0.133. The summed E-state index contributed by atoms with van der Waals surface area (Å²) in [7, 11) is 0. The molecule has 2 aromatic carbocycles. The number of hydrogen-bond acceptors (Lipinski definition) is 2. The maximum atomic E-state index is 6.16. The first-order valence-electron chi connectivity index (χ1n) is 5.89. The van der Waals surface area contributed by atoms with Gasteiger partial charge in [0.1, 0.15) is 16.8 Å². The van der Waals surface area contributed by atoms with E-state index in [1.54, 1.807) is 18.2 Å². The molecule has 2 nitrogen and oxygen atoms in total. The third-order valence-electron chi connectivity index (χ3n) is 2.79. The van der Waals surface area contributed by atoms with Crippen LogP contribution in [0.25, 0.3) is 0 Å². The molecular formula is C15H14ClNOS. The van der Waals surface area contributed by atoms with E-state index in [1.807, 2.05) is 37.3 Å². The number of ether oxygens (including phenoxy) is 1. The molecule has 1 atom stereocenters. The number of hydrogen-bond donors (Lipinski definition) is 1. The molecule has 0 heterocycles. The molecule has 0 aliphatic carbocycles. The zero-order valence-corrected chi connectivity index (χ0v) is 12.0. The molecule has 19 heavy (non-hydrogen) atoms. The molecule has 0 aliphatic heterocycles. The zero-order chi connectivity index (χ0) is 13.8. The number of nitrogens with two attached hydrogens (primary N) is 1. The molecule has 0 spiro atoms. The van der Waals surface area contributed by atoms with Gasteiger partial charge in [-0.15, -0.1) is 0 Å². The number of benzene rings is 2. The van der Waals surface area contributed by atoms with Crippen molar-refractivity contribution in [3.05, 3.63) is 64.7 Å². The summed E-state index contributed by atoms with van der Waals surface area (Å²) in [6, 6.07) is 15.3. The maximum absolute atomic E-state index is 6.16. The summed E-state index contributed by atoms with van der Waals surface area (Å²) in [6.07, 6.45) is -0.0746. The van der Waals surface area contributed by atoms with Gasteiger partial charge in [-0.3, -0.25) is 0 Å². The first-order chi connectivity index (χ1) is 9.08. The van der Waals surface area contributed by atoms with E-state index in [9.17, 15) is 0 Å². The average molecular weight is 292 g/mol. The van der Waals surface area contributed by atoms with Crippen LogP contribution in [0.2, 0.25) is 5.02 Å². The molecule has 0 saturated carbocycles. The van der Waals surface area contributed by atoms with Crippen LogP contribution in [0.5, 0.6) is 5.75 Å². The Kier molecular flexibility index (Phi) is 4.40. The predicted molar refractivity (Wildman–Crippen MR) is 82.8 cm³/mol. The van der Waals surface area contributed by atoms with Crippen LogP contribution in [0.15, 0.2) is 48.5 Å². The van der Waals surface area contributed by atoms with Crippen LogP contribution in [-0.2, 0) is 0 Å². The Bertz CT molecular complexity index is 586. The highest BCUT2D eigenvalue weighted by atomic mass is 35.5. The van der Waals surface area contributed by atoms with Crippen LogP contribution < -0.4 is 10.5 Å². The van der Waals surface area contributed by atoms with Gasteiger partial charge >= 0.3 is 0 Å². The third kappa shape index (κ3) is 3.46. The van der Waals surface area contributed by atoms with Gasteiger partial charge in [-0.1, -0.05) is 54.2 Å². The van der Waals surface area contributed by atoms with Crippen molar-refractivity contribution in [2.45, 2.75) is 13.0 Å². The molecule has 2 rings (SSSR count). The molecule has 1 unspecified atom stereocenters. The van der Waals surface area contributed by atoms with Crippen LogP contribution in [0.4, 0.5) is 0 Å². The summed E-state index contributed by atoms with van der Waals surface area (Å²) in [5.41, 5.74) is 7.39. The van der Waals surface area contributed by atoms with E-state index in [2.05, 4.69) is 0 Å².